The largest absolute Gasteiger partial charge is 0.379 e. The molecule has 0 saturated carbocycles. The lowest BCUT2D eigenvalue weighted by atomic mass is 10.1. The minimum Gasteiger partial charge on any atom is -0.379 e. The molecule has 162 valence electrons. The van der Waals surface area contributed by atoms with Crippen LogP contribution in [0.4, 0.5) is 0 Å². The van der Waals surface area contributed by atoms with Crippen LogP contribution in [0.5, 0.6) is 0 Å². The number of nitrogens with one attached hydrogen (secondary N) is 1. The van der Waals surface area contributed by atoms with Crippen molar-refractivity contribution in [3.63, 3.8) is 0 Å². The number of sulfonamides is 1. The summed E-state index contributed by atoms with van der Waals surface area (Å²) in [6.07, 6.45) is 6.05. The zero-order valence-corrected chi connectivity index (χ0v) is 18.2. The molecule has 0 unspecified atom stereocenters. The topological polar surface area (TPSA) is 79.0 Å². The van der Waals surface area contributed by atoms with Crippen LogP contribution in [0.15, 0.2) is 23.1 Å². The van der Waals surface area contributed by atoms with Crippen LogP contribution in [0.1, 0.15) is 48.0 Å². The highest BCUT2D eigenvalue weighted by molar-refractivity contribution is 7.89. The molecule has 1 amide bonds. The molecular formula is C21H33N3O4S. The quantitative estimate of drug-likeness (QED) is 0.679. The first-order valence-corrected chi connectivity index (χ1v) is 12.1. The summed E-state index contributed by atoms with van der Waals surface area (Å²) in [6, 6.07) is 4.90. The lowest BCUT2D eigenvalue weighted by Gasteiger charge is -2.26. The lowest BCUT2D eigenvalue weighted by molar-refractivity contribution is 0.0730. The fraction of sp³-hybridized carbons (Fsp3) is 0.667. The summed E-state index contributed by atoms with van der Waals surface area (Å²) in [7, 11) is -3.63. The van der Waals surface area contributed by atoms with Crippen LogP contribution >= 0.6 is 0 Å². The Morgan fingerprint density at radius 2 is 1.76 bits per heavy atom. The average Bonchev–Trinajstić information content (AvgIpc) is 3.01. The van der Waals surface area contributed by atoms with Crippen molar-refractivity contribution in [1.82, 2.24) is 14.5 Å². The molecule has 0 aliphatic carbocycles. The first-order valence-electron chi connectivity index (χ1n) is 10.7. The average molecular weight is 424 g/mol. The molecule has 8 heteroatoms. The maximum absolute atomic E-state index is 13.0. The van der Waals surface area contributed by atoms with Crippen LogP contribution in [0, 0.1) is 6.92 Å². The number of carbonyl (C=O) groups is 1. The monoisotopic (exact) mass is 423 g/mol. The second-order valence-electron chi connectivity index (χ2n) is 7.86. The Morgan fingerprint density at radius 1 is 1.07 bits per heavy atom. The van der Waals surface area contributed by atoms with Crippen molar-refractivity contribution in [2.24, 2.45) is 0 Å². The van der Waals surface area contributed by atoms with Crippen molar-refractivity contribution in [2.45, 2.75) is 43.9 Å². The Hall–Kier alpha value is -1.48. The maximum Gasteiger partial charge on any atom is 0.251 e. The van der Waals surface area contributed by atoms with Crippen LogP contribution < -0.4 is 5.32 Å². The van der Waals surface area contributed by atoms with Gasteiger partial charge in [-0.25, -0.2) is 8.42 Å². The molecule has 0 bridgehead atoms. The molecule has 7 nitrogen and oxygen atoms in total. The smallest absolute Gasteiger partial charge is 0.251 e. The fourth-order valence-corrected chi connectivity index (χ4v) is 5.57. The molecule has 2 saturated heterocycles. The van der Waals surface area contributed by atoms with E-state index in [1.54, 1.807) is 19.1 Å². The Kier molecular flexibility index (Phi) is 8.06. The minimum absolute atomic E-state index is 0.205. The van der Waals surface area contributed by atoms with Crippen molar-refractivity contribution >= 4 is 15.9 Å². The van der Waals surface area contributed by atoms with Gasteiger partial charge < -0.3 is 15.0 Å². The highest BCUT2D eigenvalue weighted by atomic mass is 32.2. The van der Waals surface area contributed by atoms with Crippen LogP contribution in [-0.4, -0.2) is 76.0 Å². The Balaban J connectivity index is 1.57. The summed E-state index contributed by atoms with van der Waals surface area (Å²) in [4.78, 5) is 15.2. The number of likely N-dealkylation sites (tertiary alicyclic amines) is 1. The first-order chi connectivity index (χ1) is 14.0. The maximum atomic E-state index is 13.0. The molecular weight excluding hydrogens is 390 g/mol. The van der Waals surface area contributed by atoms with Gasteiger partial charge in [0.1, 0.15) is 0 Å². The van der Waals surface area contributed by atoms with E-state index in [1.165, 1.54) is 36.1 Å². The van der Waals surface area contributed by atoms with E-state index in [-0.39, 0.29) is 10.8 Å². The van der Waals surface area contributed by atoms with E-state index >= 15 is 0 Å². The molecule has 1 N–H and O–H groups in total. The van der Waals surface area contributed by atoms with Gasteiger partial charge in [-0.1, -0.05) is 18.9 Å². The van der Waals surface area contributed by atoms with Crippen molar-refractivity contribution in [3.05, 3.63) is 29.3 Å². The SMILES string of the molecule is Cc1ccc(C(=O)NCCCN2CCCCCC2)cc1S(=O)(=O)N1CCOCC1. The molecule has 2 aliphatic heterocycles. The van der Waals surface area contributed by atoms with Crippen molar-refractivity contribution in [3.8, 4) is 0 Å². The van der Waals surface area contributed by atoms with Gasteiger partial charge in [-0.3, -0.25) is 4.79 Å². The fourth-order valence-electron chi connectivity index (χ4n) is 3.91. The van der Waals surface area contributed by atoms with Crippen LogP contribution in [0.25, 0.3) is 0 Å². The third-order valence-corrected chi connectivity index (χ3v) is 7.71. The van der Waals surface area contributed by atoms with E-state index in [1.807, 2.05) is 0 Å². The normalized spacial score (nSPS) is 19.6. The zero-order chi connectivity index (χ0) is 20.7. The van der Waals surface area contributed by atoms with Gasteiger partial charge in [-0.15, -0.1) is 0 Å². The van der Waals surface area contributed by atoms with Gasteiger partial charge in [0, 0.05) is 25.2 Å². The van der Waals surface area contributed by atoms with E-state index in [0.29, 0.717) is 44.0 Å². The molecule has 0 atom stereocenters. The number of hydrogen-bond donors (Lipinski definition) is 1. The third-order valence-electron chi connectivity index (χ3n) is 5.67. The number of aryl methyl sites for hydroxylation is 1. The first kappa shape index (κ1) is 22.2. The van der Waals surface area contributed by atoms with Gasteiger partial charge in [0.05, 0.1) is 18.1 Å². The van der Waals surface area contributed by atoms with E-state index in [4.69, 9.17) is 4.74 Å². The number of nitrogens with zero attached hydrogens (tertiary/aromatic N) is 2. The summed E-state index contributed by atoms with van der Waals surface area (Å²) >= 11 is 0. The number of benzene rings is 1. The van der Waals surface area contributed by atoms with Crippen LogP contribution in [-0.2, 0) is 14.8 Å². The summed E-state index contributed by atoms with van der Waals surface area (Å²) in [5, 5.41) is 2.94. The van der Waals surface area contributed by atoms with Gasteiger partial charge in [0.2, 0.25) is 10.0 Å². The number of hydrogen-bond acceptors (Lipinski definition) is 5. The van der Waals surface area contributed by atoms with Gasteiger partial charge in [0.25, 0.3) is 5.91 Å². The number of amides is 1. The molecule has 0 spiro atoms. The minimum atomic E-state index is -3.63. The van der Waals surface area contributed by atoms with Crippen LogP contribution in [0.3, 0.4) is 0 Å². The van der Waals surface area contributed by atoms with E-state index in [0.717, 1.165) is 26.1 Å². The van der Waals surface area contributed by atoms with E-state index < -0.39 is 10.0 Å². The molecule has 3 rings (SSSR count). The van der Waals surface area contributed by atoms with Crippen molar-refractivity contribution in [1.29, 1.82) is 0 Å². The number of morpholine rings is 1. The van der Waals surface area contributed by atoms with Crippen molar-refractivity contribution in [2.75, 3.05) is 52.5 Å². The number of ether oxygens (including phenoxy) is 1. The molecule has 2 aliphatic rings. The van der Waals surface area contributed by atoms with E-state index in [2.05, 4.69) is 10.2 Å². The summed E-state index contributed by atoms with van der Waals surface area (Å²) in [6.45, 7) is 7.12. The number of rotatable bonds is 7. The van der Waals surface area contributed by atoms with Gasteiger partial charge in [-0.05, 0) is 63.5 Å². The highest BCUT2D eigenvalue weighted by Crippen LogP contribution is 2.22. The second kappa shape index (κ2) is 10.5. The molecule has 29 heavy (non-hydrogen) atoms. The summed E-state index contributed by atoms with van der Waals surface area (Å²) < 4.78 is 32.6. The predicted molar refractivity (Wildman–Crippen MR) is 113 cm³/mol. The standard InChI is InChI=1S/C21H33N3O4S/c1-18-7-8-19(17-20(18)29(26,27)24-13-15-28-16-14-24)21(25)22-9-6-12-23-10-4-2-3-5-11-23/h7-8,17H,2-6,9-16H2,1H3,(H,22,25). The highest BCUT2D eigenvalue weighted by Gasteiger charge is 2.28. The summed E-state index contributed by atoms with van der Waals surface area (Å²) in [5.41, 5.74) is 1.03. The lowest BCUT2D eigenvalue weighted by Crippen LogP contribution is -2.41. The van der Waals surface area contributed by atoms with Crippen LogP contribution in [0.2, 0.25) is 0 Å². The Labute approximate surface area is 174 Å². The molecule has 0 radical (unpaired) electrons. The molecule has 2 fully saturated rings. The van der Waals surface area contributed by atoms with Crippen molar-refractivity contribution < 1.29 is 17.9 Å². The van der Waals surface area contributed by atoms with Gasteiger partial charge in [0.15, 0.2) is 0 Å². The predicted octanol–water partition coefficient (Wildman–Crippen LogP) is 2.01. The Bertz CT molecular complexity index is 783. The summed E-state index contributed by atoms with van der Waals surface area (Å²) in [5.74, 6) is -0.223. The molecule has 1 aromatic rings. The third kappa shape index (κ3) is 6.01. The Morgan fingerprint density at radius 3 is 2.45 bits per heavy atom. The zero-order valence-electron chi connectivity index (χ0n) is 17.4. The van der Waals surface area contributed by atoms with Gasteiger partial charge >= 0.3 is 0 Å². The second-order valence-corrected chi connectivity index (χ2v) is 9.77. The molecule has 1 aromatic carbocycles. The van der Waals surface area contributed by atoms with Gasteiger partial charge in [-0.2, -0.15) is 4.31 Å². The molecule has 2 heterocycles. The van der Waals surface area contributed by atoms with E-state index in [9.17, 15) is 13.2 Å². The molecule has 0 aromatic heterocycles. The number of carbonyl (C=O) groups excluding carboxylic acids is 1.